The van der Waals surface area contributed by atoms with Crippen molar-refractivity contribution in [3.63, 3.8) is 0 Å². The maximum absolute atomic E-state index is 13.1. The van der Waals surface area contributed by atoms with Gasteiger partial charge in [0.25, 0.3) is 0 Å². The SMILES string of the molecule is CCOc1cc(N2C[C@H](O)C[C@H]2c2ccc(F)cc2)ncn1. The van der Waals surface area contributed by atoms with Gasteiger partial charge in [0.2, 0.25) is 5.88 Å². The lowest BCUT2D eigenvalue weighted by molar-refractivity contribution is 0.194. The van der Waals surface area contributed by atoms with Gasteiger partial charge in [0.15, 0.2) is 0 Å². The molecule has 0 spiro atoms. The van der Waals surface area contributed by atoms with E-state index in [0.717, 1.165) is 5.56 Å². The molecule has 2 aromatic rings. The molecule has 2 heterocycles. The van der Waals surface area contributed by atoms with E-state index < -0.39 is 6.10 Å². The van der Waals surface area contributed by atoms with Crippen LogP contribution in [0, 0.1) is 5.82 Å². The molecular weight excluding hydrogens is 285 g/mol. The Balaban J connectivity index is 1.90. The first kappa shape index (κ1) is 14.7. The highest BCUT2D eigenvalue weighted by molar-refractivity contribution is 5.46. The Labute approximate surface area is 128 Å². The molecule has 1 aliphatic heterocycles. The molecule has 3 rings (SSSR count). The molecule has 0 radical (unpaired) electrons. The molecule has 1 saturated heterocycles. The molecule has 0 saturated carbocycles. The summed E-state index contributed by atoms with van der Waals surface area (Å²) >= 11 is 0. The molecule has 0 amide bonds. The van der Waals surface area contributed by atoms with Crippen molar-refractivity contribution in [1.82, 2.24) is 9.97 Å². The molecule has 1 N–H and O–H groups in total. The molecule has 5 nitrogen and oxygen atoms in total. The third-order valence-corrected chi connectivity index (χ3v) is 3.75. The van der Waals surface area contributed by atoms with E-state index in [-0.39, 0.29) is 11.9 Å². The average Bonchev–Trinajstić information content (AvgIpc) is 2.91. The number of β-amino-alcohol motifs (C(OH)–C–C–N with tert-alkyl or cyclic N) is 1. The molecule has 2 atom stereocenters. The first-order valence-corrected chi connectivity index (χ1v) is 7.32. The summed E-state index contributed by atoms with van der Waals surface area (Å²) < 4.78 is 18.5. The van der Waals surface area contributed by atoms with Gasteiger partial charge in [0, 0.05) is 12.6 Å². The van der Waals surface area contributed by atoms with Crippen LogP contribution in [0.15, 0.2) is 36.7 Å². The molecule has 6 heteroatoms. The van der Waals surface area contributed by atoms with Crippen molar-refractivity contribution in [1.29, 1.82) is 0 Å². The minimum absolute atomic E-state index is 0.0417. The van der Waals surface area contributed by atoms with Gasteiger partial charge in [-0.1, -0.05) is 12.1 Å². The average molecular weight is 303 g/mol. The second kappa shape index (κ2) is 6.27. The Kier molecular flexibility index (Phi) is 4.20. The molecule has 0 aliphatic carbocycles. The van der Waals surface area contributed by atoms with Gasteiger partial charge in [-0.25, -0.2) is 14.4 Å². The summed E-state index contributed by atoms with van der Waals surface area (Å²) in [5.74, 6) is 0.936. The zero-order valence-corrected chi connectivity index (χ0v) is 12.3. The van der Waals surface area contributed by atoms with Crippen LogP contribution in [0.4, 0.5) is 10.2 Å². The number of benzene rings is 1. The molecule has 22 heavy (non-hydrogen) atoms. The quantitative estimate of drug-likeness (QED) is 0.939. The van der Waals surface area contributed by atoms with Gasteiger partial charge in [-0.2, -0.15) is 0 Å². The predicted molar refractivity (Wildman–Crippen MR) is 80.3 cm³/mol. The number of rotatable bonds is 4. The number of aromatic nitrogens is 2. The highest BCUT2D eigenvalue weighted by Gasteiger charge is 2.33. The number of halogens is 1. The normalized spacial score (nSPS) is 21.1. The highest BCUT2D eigenvalue weighted by Crippen LogP contribution is 2.36. The van der Waals surface area contributed by atoms with Gasteiger partial charge in [-0.3, -0.25) is 0 Å². The first-order valence-electron chi connectivity index (χ1n) is 7.32. The molecule has 1 aromatic heterocycles. The van der Waals surface area contributed by atoms with Gasteiger partial charge < -0.3 is 14.7 Å². The number of anilines is 1. The van der Waals surface area contributed by atoms with E-state index in [9.17, 15) is 9.50 Å². The van der Waals surface area contributed by atoms with E-state index in [1.54, 1.807) is 18.2 Å². The van der Waals surface area contributed by atoms with Crippen LogP contribution in [0.5, 0.6) is 5.88 Å². The third-order valence-electron chi connectivity index (χ3n) is 3.75. The van der Waals surface area contributed by atoms with Crippen molar-refractivity contribution >= 4 is 5.82 Å². The van der Waals surface area contributed by atoms with Crippen LogP contribution >= 0.6 is 0 Å². The van der Waals surface area contributed by atoms with Crippen molar-refractivity contribution in [2.24, 2.45) is 0 Å². The largest absolute Gasteiger partial charge is 0.478 e. The number of nitrogens with zero attached hydrogens (tertiary/aromatic N) is 3. The number of ether oxygens (including phenoxy) is 1. The summed E-state index contributed by atoms with van der Waals surface area (Å²) in [6, 6.07) is 8.08. The standard InChI is InChI=1S/C16H18FN3O2/c1-2-22-16-8-15(18-10-19-16)20-9-13(21)7-14(20)11-3-5-12(17)6-4-11/h3-6,8,10,13-14,21H,2,7,9H2,1H3/t13-,14+/m1/s1. The molecule has 1 aromatic carbocycles. The minimum atomic E-state index is -0.444. The third kappa shape index (κ3) is 3.01. The number of hydrogen-bond donors (Lipinski definition) is 1. The van der Waals surface area contributed by atoms with Gasteiger partial charge in [0.1, 0.15) is 18.0 Å². The number of aliphatic hydroxyl groups is 1. The minimum Gasteiger partial charge on any atom is -0.478 e. The highest BCUT2D eigenvalue weighted by atomic mass is 19.1. The Morgan fingerprint density at radius 3 is 2.82 bits per heavy atom. The second-order valence-corrected chi connectivity index (χ2v) is 5.26. The van der Waals surface area contributed by atoms with Gasteiger partial charge >= 0.3 is 0 Å². The Morgan fingerprint density at radius 1 is 1.32 bits per heavy atom. The Hall–Kier alpha value is -2.21. The predicted octanol–water partition coefficient (Wildman–Crippen LogP) is 2.33. The Bertz CT molecular complexity index is 636. The first-order chi connectivity index (χ1) is 10.7. The summed E-state index contributed by atoms with van der Waals surface area (Å²) in [4.78, 5) is 10.3. The van der Waals surface area contributed by atoms with Crippen LogP contribution in [0.1, 0.15) is 24.9 Å². The lowest BCUT2D eigenvalue weighted by atomic mass is 10.0. The Morgan fingerprint density at radius 2 is 2.09 bits per heavy atom. The van der Waals surface area contributed by atoms with Crippen molar-refractivity contribution in [2.45, 2.75) is 25.5 Å². The smallest absolute Gasteiger partial charge is 0.218 e. The van der Waals surface area contributed by atoms with Crippen LogP contribution in [0.25, 0.3) is 0 Å². The fourth-order valence-corrected chi connectivity index (χ4v) is 2.78. The molecule has 0 unspecified atom stereocenters. The maximum atomic E-state index is 13.1. The zero-order valence-electron chi connectivity index (χ0n) is 12.3. The van der Waals surface area contributed by atoms with Gasteiger partial charge in [-0.05, 0) is 31.0 Å². The molecule has 1 fully saturated rings. The monoisotopic (exact) mass is 303 g/mol. The van der Waals surface area contributed by atoms with Crippen LogP contribution < -0.4 is 9.64 Å². The van der Waals surface area contributed by atoms with Crippen molar-refractivity contribution < 1.29 is 14.2 Å². The van der Waals surface area contributed by atoms with Gasteiger partial charge in [0.05, 0.1) is 18.8 Å². The molecule has 0 bridgehead atoms. The number of hydrogen-bond acceptors (Lipinski definition) is 5. The fraction of sp³-hybridized carbons (Fsp3) is 0.375. The van der Waals surface area contributed by atoms with E-state index in [4.69, 9.17) is 4.74 Å². The number of aliphatic hydroxyl groups excluding tert-OH is 1. The van der Waals surface area contributed by atoms with E-state index in [2.05, 4.69) is 9.97 Å². The lowest BCUT2D eigenvalue weighted by Crippen LogP contribution is -2.25. The second-order valence-electron chi connectivity index (χ2n) is 5.26. The molecule has 116 valence electrons. The van der Waals surface area contributed by atoms with Crippen LogP contribution in [0.2, 0.25) is 0 Å². The van der Waals surface area contributed by atoms with Crippen molar-refractivity contribution in [3.05, 3.63) is 48.0 Å². The van der Waals surface area contributed by atoms with Crippen LogP contribution in [0.3, 0.4) is 0 Å². The van der Waals surface area contributed by atoms with Crippen LogP contribution in [-0.4, -0.2) is 34.3 Å². The molecular formula is C16H18FN3O2. The maximum Gasteiger partial charge on any atom is 0.218 e. The lowest BCUT2D eigenvalue weighted by Gasteiger charge is -2.25. The van der Waals surface area contributed by atoms with Crippen molar-refractivity contribution in [2.75, 3.05) is 18.1 Å². The molecule has 1 aliphatic rings. The summed E-state index contributed by atoms with van der Waals surface area (Å²) in [6.45, 7) is 2.90. The summed E-state index contributed by atoms with van der Waals surface area (Å²) in [5, 5.41) is 10.0. The van der Waals surface area contributed by atoms with Crippen LogP contribution in [-0.2, 0) is 0 Å². The van der Waals surface area contributed by atoms with Gasteiger partial charge in [-0.15, -0.1) is 0 Å². The van der Waals surface area contributed by atoms with E-state index in [1.165, 1.54) is 18.5 Å². The summed E-state index contributed by atoms with van der Waals surface area (Å²) in [5.41, 5.74) is 0.953. The summed E-state index contributed by atoms with van der Waals surface area (Å²) in [7, 11) is 0. The van der Waals surface area contributed by atoms with E-state index in [1.807, 2.05) is 11.8 Å². The zero-order chi connectivity index (χ0) is 15.5. The topological polar surface area (TPSA) is 58.5 Å². The van der Waals surface area contributed by atoms with E-state index in [0.29, 0.717) is 31.3 Å². The van der Waals surface area contributed by atoms with E-state index >= 15 is 0 Å². The van der Waals surface area contributed by atoms with Crippen molar-refractivity contribution in [3.8, 4) is 5.88 Å². The fourth-order valence-electron chi connectivity index (χ4n) is 2.78. The summed E-state index contributed by atoms with van der Waals surface area (Å²) in [6.07, 6.45) is 1.59.